The van der Waals surface area contributed by atoms with E-state index in [0.29, 0.717) is 6.54 Å². The van der Waals surface area contributed by atoms with Gasteiger partial charge in [0.2, 0.25) is 0 Å². The fourth-order valence-electron chi connectivity index (χ4n) is 1.59. The second-order valence-corrected chi connectivity index (χ2v) is 4.55. The van der Waals surface area contributed by atoms with Crippen molar-refractivity contribution in [1.82, 2.24) is 0 Å². The molecule has 0 radical (unpaired) electrons. The molecule has 4 nitrogen and oxygen atoms in total. The molecule has 0 fully saturated rings. The van der Waals surface area contributed by atoms with E-state index in [1.807, 2.05) is 0 Å². The number of nitro groups is 1. The van der Waals surface area contributed by atoms with Crippen molar-refractivity contribution in [3.8, 4) is 0 Å². The van der Waals surface area contributed by atoms with Gasteiger partial charge in [0.1, 0.15) is 0 Å². The molecule has 0 aromatic heterocycles. The molecule has 1 rings (SSSR count). The fraction of sp³-hybridized carbons (Fsp3) is 0.455. The Labute approximate surface area is 89.2 Å². The summed E-state index contributed by atoms with van der Waals surface area (Å²) >= 11 is 0. The lowest BCUT2D eigenvalue weighted by molar-refractivity contribution is -0.384. The van der Waals surface area contributed by atoms with E-state index in [0.717, 1.165) is 11.1 Å². The van der Waals surface area contributed by atoms with Crippen LogP contribution < -0.4 is 5.73 Å². The zero-order chi connectivity index (χ0) is 11.6. The Kier molecular flexibility index (Phi) is 3.09. The van der Waals surface area contributed by atoms with Crippen LogP contribution in [-0.4, -0.2) is 4.92 Å². The Hall–Kier alpha value is -1.42. The third kappa shape index (κ3) is 2.53. The van der Waals surface area contributed by atoms with Crippen LogP contribution in [-0.2, 0) is 12.0 Å². The fourth-order valence-corrected chi connectivity index (χ4v) is 1.59. The minimum atomic E-state index is -0.397. The first kappa shape index (κ1) is 11.7. The molecule has 0 saturated heterocycles. The van der Waals surface area contributed by atoms with Gasteiger partial charge in [0, 0.05) is 18.7 Å². The smallest absolute Gasteiger partial charge is 0.269 e. The average molecular weight is 208 g/mol. The Balaban J connectivity index is 3.27. The number of hydrogen-bond acceptors (Lipinski definition) is 3. The predicted molar refractivity (Wildman–Crippen MR) is 59.7 cm³/mol. The van der Waals surface area contributed by atoms with Gasteiger partial charge < -0.3 is 5.73 Å². The lowest BCUT2D eigenvalue weighted by Gasteiger charge is -2.22. The van der Waals surface area contributed by atoms with Crippen molar-refractivity contribution in [2.45, 2.75) is 32.7 Å². The molecule has 4 heteroatoms. The van der Waals surface area contributed by atoms with Crippen LogP contribution in [0.25, 0.3) is 0 Å². The SMILES string of the molecule is CC(C)(C)c1ccc([N+](=O)[O-])cc1CN. The molecule has 1 aromatic rings. The van der Waals surface area contributed by atoms with Crippen molar-refractivity contribution < 1.29 is 4.92 Å². The highest BCUT2D eigenvalue weighted by Crippen LogP contribution is 2.28. The minimum Gasteiger partial charge on any atom is -0.326 e. The summed E-state index contributed by atoms with van der Waals surface area (Å²) in [5.74, 6) is 0. The highest BCUT2D eigenvalue weighted by atomic mass is 16.6. The van der Waals surface area contributed by atoms with Crippen LogP contribution in [0.3, 0.4) is 0 Å². The van der Waals surface area contributed by atoms with Gasteiger partial charge >= 0.3 is 0 Å². The monoisotopic (exact) mass is 208 g/mol. The summed E-state index contributed by atoms with van der Waals surface area (Å²) < 4.78 is 0. The highest BCUT2D eigenvalue weighted by Gasteiger charge is 2.19. The van der Waals surface area contributed by atoms with Gasteiger partial charge in [-0.25, -0.2) is 0 Å². The summed E-state index contributed by atoms with van der Waals surface area (Å²) in [6.07, 6.45) is 0. The normalized spacial score (nSPS) is 11.5. The Bertz CT molecular complexity index is 381. The van der Waals surface area contributed by atoms with Crippen molar-refractivity contribution in [2.75, 3.05) is 0 Å². The van der Waals surface area contributed by atoms with Crippen LogP contribution >= 0.6 is 0 Å². The number of nitro benzene ring substituents is 1. The third-order valence-corrected chi connectivity index (χ3v) is 2.33. The molecular weight excluding hydrogens is 192 g/mol. The number of nitrogens with two attached hydrogens (primary N) is 1. The maximum atomic E-state index is 10.6. The molecule has 82 valence electrons. The van der Waals surface area contributed by atoms with Gasteiger partial charge in [0.25, 0.3) is 5.69 Å². The first-order valence-electron chi connectivity index (χ1n) is 4.84. The first-order chi connectivity index (χ1) is 6.86. The number of nitrogens with zero attached hydrogens (tertiary/aromatic N) is 1. The quantitative estimate of drug-likeness (QED) is 0.599. The molecule has 0 saturated carbocycles. The molecule has 15 heavy (non-hydrogen) atoms. The van der Waals surface area contributed by atoms with Gasteiger partial charge in [-0.1, -0.05) is 26.8 Å². The van der Waals surface area contributed by atoms with Crippen LogP contribution in [0.15, 0.2) is 18.2 Å². The third-order valence-electron chi connectivity index (χ3n) is 2.33. The van der Waals surface area contributed by atoms with Crippen LogP contribution in [0.5, 0.6) is 0 Å². The number of non-ortho nitro benzene ring substituents is 1. The second-order valence-electron chi connectivity index (χ2n) is 4.55. The zero-order valence-corrected chi connectivity index (χ0v) is 9.28. The van der Waals surface area contributed by atoms with Gasteiger partial charge in [-0.2, -0.15) is 0 Å². The molecule has 0 aliphatic heterocycles. The standard InChI is InChI=1S/C11H16N2O2/c1-11(2,3)10-5-4-9(13(14)15)6-8(10)7-12/h4-6H,7,12H2,1-3H3. The largest absolute Gasteiger partial charge is 0.326 e. The van der Waals surface area contributed by atoms with Crippen molar-refractivity contribution in [3.05, 3.63) is 39.4 Å². The van der Waals surface area contributed by atoms with E-state index >= 15 is 0 Å². The van der Waals surface area contributed by atoms with Crippen LogP contribution in [0.2, 0.25) is 0 Å². The molecule has 0 amide bonds. The summed E-state index contributed by atoms with van der Waals surface area (Å²) in [6, 6.07) is 4.88. The highest BCUT2D eigenvalue weighted by molar-refractivity contribution is 5.42. The number of rotatable bonds is 2. The van der Waals surface area contributed by atoms with E-state index in [4.69, 9.17) is 5.73 Å². The molecule has 2 N–H and O–H groups in total. The lowest BCUT2D eigenvalue weighted by Crippen LogP contribution is -2.16. The molecule has 0 aliphatic carbocycles. The average Bonchev–Trinajstić information content (AvgIpc) is 2.15. The summed E-state index contributed by atoms with van der Waals surface area (Å²) in [4.78, 5) is 10.2. The van der Waals surface area contributed by atoms with E-state index < -0.39 is 4.92 Å². The van der Waals surface area contributed by atoms with E-state index in [2.05, 4.69) is 20.8 Å². The summed E-state index contributed by atoms with van der Waals surface area (Å²) in [7, 11) is 0. The maximum absolute atomic E-state index is 10.6. The van der Waals surface area contributed by atoms with E-state index in [1.165, 1.54) is 6.07 Å². The Morgan fingerprint density at radius 1 is 1.40 bits per heavy atom. The van der Waals surface area contributed by atoms with Gasteiger partial charge in [0.05, 0.1) is 4.92 Å². The molecule has 0 heterocycles. The molecular formula is C11H16N2O2. The minimum absolute atomic E-state index is 0.0379. The predicted octanol–water partition coefficient (Wildman–Crippen LogP) is 2.35. The molecule has 0 unspecified atom stereocenters. The van der Waals surface area contributed by atoms with Crippen LogP contribution in [0.4, 0.5) is 5.69 Å². The van der Waals surface area contributed by atoms with Crippen LogP contribution in [0.1, 0.15) is 31.9 Å². The molecule has 0 spiro atoms. The Morgan fingerprint density at radius 2 is 2.00 bits per heavy atom. The second kappa shape index (κ2) is 3.98. The maximum Gasteiger partial charge on any atom is 0.269 e. The summed E-state index contributed by atoms with van der Waals surface area (Å²) in [5.41, 5.74) is 7.57. The van der Waals surface area contributed by atoms with Crippen LogP contribution in [0, 0.1) is 10.1 Å². The van der Waals surface area contributed by atoms with Crippen molar-refractivity contribution in [3.63, 3.8) is 0 Å². The van der Waals surface area contributed by atoms with Crippen molar-refractivity contribution >= 4 is 5.69 Å². The number of hydrogen-bond donors (Lipinski definition) is 1. The van der Waals surface area contributed by atoms with E-state index in [1.54, 1.807) is 12.1 Å². The van der Waals surface area contributed by atoms with Gasteiger partial charge in [-0.15, -0.1) is 0 Å². The van der Waals surface area contributed by atoms with E-state index in [-0.39, 0.29) is 11.1 Å². The lowest BCUT2D eigenvalue weighted by atomic mass is 9.83. The molecule has 0 bridgehead atoms. The number of benzene rings is 1. The first-order valence-corrected chi connectivity index (χ1v) is 4.84. The van der Waals surface area contributed by atoms with Gasteiger partial charge in [-0.3, -0.25) is 10.1 Å². The molecule has 1 aromatic carbocycles. The van der Waals surface area contributed by atoms with Gasteiger partial charge in [-0.05, 0) is 16.5 Å². The molecule has 0 aliphatic rings. The van der Waals surface area contributed by atoms with Crippen molar-refractivity contribution in [2.24, 2.45) is 5.73 Å². The summed E-state index contributed by atoms with van der Waals surface area (Å²) in [6.45, 7) is 6.52. The zero-order valence-electron chi connectivity index (χ0n) is 9.28. The molecule has 0 atom stereocenters. The topological polar surface area (TPSA) is 69.2 Å². The Morgan fingerprint density at radius 3 is 2.40 bits per heavy atom. The summed E-state index contributed by atoms with van der Waals surface area (Å²) in [5, 5.41) is 10.6. The van der Waals surface area contributed by atoms with Gasteiger partial charge in [0.15, 0.2) is 0 Å². The van der Waals surface area contributed by atoms with Crippen molar-refractivity contribution in [1.29, 1.82) is 0 Å². The van der Waals surface area contributed by atoms with E-state index in [9.17, 15) is 10.1 Å².